The maximum Gasteiger partial charge on any atom is 0.309 e. The first kappa shape index (κ1) is 13.0. The minimum absolute atomic E-state index is 0.0339. The van der Waals surface area contributed by atoms with E-state index < -0.39 is 11.4 Å². The van der Waals surface area contributed by atoms with Gasteiger partial charge in [-0.05, 0) is 32.9 Å². The van der Waals surface area contributed by atoms with Gasteiger partial charge < -0.3 is 15.3 Å². The number of carbonyl (C=O) groups excluding carboxylic acids is 1. The summed E-state index contributed by atoms with van der Waals surface area (Å²) >= 11 is 0. The molecule has 16 heavy (non-hydrogen) atoms. The van der Waals surface area contributed by atoms with Crippen LogP contribution in [0.4, 0.5) is 0 Å². The number of carboxylic acids is 1. The zero-order valence-electron chi connectivity index (χ0n) is 9.95. The lowest BCUT2D eigenvalue weighted by Gasteiger charge is -2.36. The van der Waals surface area contributed by atoms with Crippen LogP contribution in [0, 0.1) is 5.41 Å². The van der Waals surface area contributed by atoms with Crippen molar-refractivity contribution in [1.82, 2.24) is 10.2 Å². The van der Waals surface area contributed by atoms with Gasteiger partial charge in [0.15, 0.2) is 0 Å². The molecule has 0 aromatic heterocycles. The number of piperidine rings is 1. The monoisotopic (exact) mass is 228 g/mol. The Hall–Kier alpha value is -1.10. The van der Waals surface area contributed by atoms with Gasteiger partial charge in [0.2, 0.25) is 5.91 Å². The van der Waals surface area contributed by atoms with E-state index >= 15 is 0 Å². The van der Waals surface area contributed by atoms with E-state index in [-0.39, 0.29) is 5.91 Å². The van der Waals surface area contributed by atoms with Crippen molar-refractivity contribution >= 4 is 11.9 Å². The van der Waals surface area contributed by atoms with Crippen molar-refractivity contribution in [2.45, 2.75) is 26.2 Å². The second kappa shape index (κ2) is 5.30. The quantitative estimate of drug-likeness (QED) is 0.726. The van der Waals surface area contributed by atoms with Gasteiger partial charge in [0.05, 0.1) is 5.41 Å². The van der Waals surface area contributed by atoms with Crippen LogP contribution in [0.1, 0.15) is 26.2 Å². The van der Waals surface area contributed by atoms with Crippen molar-refractivity contribution in [1.29, 1.82) is 0 Å². The molecule has 0 bridgehead atoms. The third kappa shape index (κ3) is 3.20. The predicted molar refractivity (Wildman–Crippen MR) is 60.1 cm³/mol. The van der Waals surface area contributed by atoms with Crippen molar-refractivity contribution in [2.24, 2.45) is 5.41 Å². The molecule has 0 aliphatic carbocycles. The van der Waals surface area contributed by atoms with Crippen molar-refractivity contribution in [3.63, 3.8) is 0 Å². The molecule has 1 aliphatic rings. The first-order chi connectivity index (χ1) is 7.48. The number of hydrogen-bond donors (Lipinski definition) is 2. The van der Waals surface area contributed by atoms with E-state index in [1.165, 1.54) is 0 Å². The summed E-state index contributed by atoms with van der Waals surface area (Å²) in [6.07, 6.45) is 1.81. The Kier molecular flexibility index (Phi) is 4.29. The second-order valence-corrected chi connectivity index (χ2v) is 4.63. The molecule has 92 valence electrons. The molecule has 1 amide bonds. The van der Waals surface area contributed by atoms with Gasteiger partial charge in [-0.2, -0.15) is 0 Å². The van der Waals surface area contributed by atoms with Crippen LogP contribution in [0.3, 0.4) is 0 Å². The highest BCUT2D eigenvalue weighted by Crippen LogP contribution is 2.30. The van der Waals surface area contributed by atoms with E-state index in [9.17, 15) is 9.59 Å². The van der Waals surface area contributed by atoms with Crippen LogP contribution in [-0.2, 0) is 9.59 Å². The Bertz CT molecular complexity index is 270. The molecule has 5 heteroatoms. The van der Waals surface area contributed by atoms with Gasteiger partial charge in [0.25, 0.3) is 0 Å². The molecule has 0 aromatic carbocycles. The highest BCUT2D eigenvalue weighted by Gasteiger charge is 2.36. The van der Waals surface area contributed by atoms with Gasteiger partial charge in [-0.15, -0.1) is 0 Å². The van der Waals surface area contributed by atoms with E-state index in [0.717, 1.165) is 19.6 Å². The number of rotatable bonds is 4. The molecule has 0 saturated carbocycles. The predicted octanol–water partition coefficient (Wildman–Crippen LogP) is 0.309. The van der Waals surface area contributed by atoms with Crippen LogP contribution < -0.4 is 5.32 Å². The van der Waals surface area contributed by atoms with E-state index in [0.29, 0.717) is 19.3 Å². The number of nitrogens with zero attached hydrogens (tertiary/aromatic N) is 1. The molecule has 5 nitrogen and oxygen atoms in total. The fourth-order valence-corrected chi connectivity index (χ4v) is 1.87. The Morgan fingerprint density at radius 2 is 1.94 bits per heavy atom. The molecular formula is C11H20N2O3. The molecule has 1 saturated heterocycles. The first-order valence-corrected chi connectivity index (χ1v) is 5.64. The zero-order valence-corrected chi connectivity index (χ0v) is 9.95. The molecule has 1 rings (SSSR count). The fourth-order valence-electron chi connectivity index (χ4n) is 1.87. The average molecular weight is 228 g/mol. The van der Waals surface area contributed by atoms with Crippen LogP contribution in [0.25, 0.3) is 0 Å². The smallest absolute Gasteiger partial charge is 0.309 e. The van der Waals surface area contributed by atoms with Crippen molar-refractivity contribution in [3.8, 4) is 0 Å². The number of carbonyl (C=O) groups is 2. The minimum Gasteiger partial charge on any atom is -0.481 e. The van der Waals surface area contributed by atoms with Crippen LogP contribution in [-0.4, -0.2) is 48.6 Å². The molecule has 0 unspecified atom stereocenters. The summed E-state index contributed by atoms with van der Waals surface area (Å²) in [6.45, 7) is 4.04. The highest BCUT2D eigenvalue weighted by molar-refractivity contribution is 5.75. The Labute approximate surface area is 95.8 Å². The Morgan fingerprint density at radius 3 is 2.38 bits per heavy atom. The number of amides is 1. The number of aliphatic carboxylic acids is 1. The summed E-state index contributed by atoms with van der Waals surface area (Å²) < 4.78 is 0. The SMILES string of the molecule is CNC(=O)CCN1CCC(C)(C(=O)O)CC1. The van der Waals surface area contributed by atoms with Gasteiger partial charge in [-0.3, -0.25) is 9.59 Å². The standard InChI is InChI=1S/C11H20N2O3/c1-11(10(15)16)4-7-13(8-5-11)6-3-9(14)12-2/h3-8H2,1-2H3,(H,12,14)(H,15,16). The van der Waals surface area contributed by atoms with Crippen molar-refractivity contribution in [2.75, 3.05) is 26.7 Å². The fraction of sp³-hybridized carbons (Fsp3) is 0.818. The Balaban J connectivity index is 2.32. The third-order valence-corrected chi connectivity index (χ3v) is 3.41. The van der Waals surface area contributed by atoms with Gasteiger partial charge in [-0.25, -0.2) is 0 Å². The normalized spacial score (nSPS) is 20.4. The molecule has 0 spiro atoms. The number of likely N-dealkylation sites (tertiary alicyclic amines) is 1. The molecule has 1 heterocycles. The van der Waals surface area contributed by atoms with E-state index in [2.05, 4.69) is 10.2 Å². The summed E-state index contributed by atoms with van der Waals surface area (Å²) in [5.41, 5.74) is -0.580. The lowest BCUT2D eigenvalue weighted by atomic mass is 9.80. The molecular weight excluding hydrogens is 208 g/mol. The first-order valence-electron chi connectivity index (χ1n) is 5.64. The number of nitrogens with one attached hydrogen (secondary N) is 1. The summed E-state index contributed by atoms with van der Waals surface area (Å²) in [7, 11) is 1.63. The van der Waals surface area contributed by atoms with Gasteiger partial charge >= 0.3 is 5.97 Å². The lowest BCUT2D eigenvalue weighted by Crippen LogP contribution is -2.43. The highest BCUT2D eigenvalue weighted by atomic mass is 16.4. The van der Waals surface area contributed by atoms with Crippen LogP contribution in [0.2, 0.25) is 0 Å². The zero-order chi connectivity index (χ0) is 12.2. The topological polar surface area (TPSA) is 69.6 Å². The molecule has 0 aromatic rings. The molecule has 1 aliphatic heterocycles. The van der Waals surface area contributed by atoms with E-state index in [1.54, 1.807) is 14.0 Å². The third-order valence-electron chi connectivity index (χ3n) is 3.41. The van der Waals surface area contributed by atoms with E-state index in [4.69, 9.17) is 5.11 Å². The largest absolute Gasteiger partial charge is 0.481 e. The van der Waals surface area contributed by atoms with Crippen LogP contribution in [0.15, 0.2) is 0 Å². The summed E-state index contributed by atoms with van der Waals surface area (Å²) in [6, 6.07) is 0. The lowest BCUT2D eigenvalue weighted by molar-refractivity contribution is -0.150. The van der Waals surface area contributed by atoms with Crippen LogP contribution >= 0.6 is 0 Å². The second-order valence-electron chi connectivity index (χ2n) is 4.63. The molecule has 1 fully saturated rings. The summed E-state index contributed by atoms with van der Waals surface area (Å²) in [5.74, 6) is -0.676. The van der Waals surface area contributed by atoms with Crippen molar-refractivity contribution < 1.29 is 14.7 Å². The summed E-state index contributed by atoms with van der Waals surface area (Å²) in [5, 5.41) is 11.6. The molecule has 2 N–H and O–H groups in total. The van der Waals surface area contributed by atoms with Gasteiger partial charge in [0.1, 0.15) is 0 Å². The molecule has 0 radical (unpaired) electrons. The maximum absolute atomic E-state index is 11.1. The van der Waals surface area contributed by atoms with Gasteiger partial charge in [0, 0.05) is 20.0 Å². The molecule has 0 atom stereocenters. The number of carboxylic acid groups (broad SMARTS) is 1. The maximum atomic E-state index is 11.1. The minimum atomic E-state index is -0.710. The number of hydrogen-bond acceptors (Lipinski definition) is 3. The Morgan fingerprint density at radius 1 is 1.38 bits per heavy atom. The van der Waals surface area contributed by atoms with Crippen molar-refractivity contribution in [3.05, 3.63) is 0 Å². The van der Waals surface area contributed by atoms with Crippen LogP contribution in [0.5, 0.6) is 0 Å². The summed E-state index contributed by atoms with van der Waals surface area (Å²) in [4.78, 5) is 24.2. The average Bonchev–Trinajstić information content (AvgIpc) is 2.27. The van der Waals surface area contributed by atoms with Gasteiger partial charge in [-0.1, -0.05) is 0 Å². The van der Waals surface area contributed by atoms with E-state index in [1.807, 2.05) is 0 Å².